The van der Waals surface area contributed by atoms with E-state index >= 15 is 0 Å². The highest BCUT2D eigenvalue weighted by molar-refractivity contribution is 6.31. The van der Waals surface area contributed by atoms with Gasteiger partial charge in [0.05, 0.1) is 46.6 Å². The Morgan fingerprint density at radius 1 is 1.05 bits per heavy atom. The van der Waals surface area contributed by atoms with Crippen molar-refractivity contribution in [2.24, 2.45) is 0 Å². The van der Waals surface area contributed by atoms with Crippen LogP contribution < -0.4 is 16.3 Å². The van der Waals surface area contributed by atoms with Crippen LogP contribution in [0, 0.1) is 11.6 Å². The molecule has 3 aromatic carbocycles. The predicted octanol–water partition coefficient (Wildman–Crippen LogP) is 6.64. The fraction of sp³-hybridized carbons (Fsp3) is 0.185. The Morgan fingerprint density at radius 2 is 1.80 bits per heavy atom. The molecule has 1 atom stereocenters. The molecule has 0 radical (unpaired) electrons. The van der Waals surface area contributed by atoms with Crippen LogP contribution in [0.2, 0.25) is 5.02 Å². The summed E-state index contributed by atoms with van der Waals surface area (Å²) in [7, 11) is 0. The van der Waals surface area contributed by atoms with Crippen molar-refractivity contribution in [3.63, 3.8) is 0 Å². The van der Waals surface area contributed by atoms with Gasteiger partial charge in [-0.1, -0.05) is 11.6 Å². The van der Waals surface area contributed by atoms with Crippen molar-refractivity contribution in [2.75, 3.05) is 12.0 Å². The number of halogens is 9. The van der Waals surface area contributed by atoms with E-state index in [1.54, 1.807) is 0 Å². The Balaban J connectivity index is 1.70. The normalized spacial score (nSPS) is 15.0. The lowest BCUT2D eigenvalue weighted by Gasteiger charge is -2.20. The number of aromatic nitrogens is 4. The number of nitrogens with one attached hydrogen (secondary N) is 2. The smallest absolute Gasteiger partial charge is 0.353 e. The Morgan fingerprint density at radius 3 is 2.48 bits per heavy atom. The molecule has 3 heterocycles. The lowest BCUT2D eigenvalue weighted by atomic mass is 9.95. The number of benzene rings is 3. The number of aryl methyl sites for hydroxylation is 1. The Hall–Kier alpha value is -4.73. The average Bonchev–Trinajstić information content (AvgIpc) is 3.43. The standard InChI is InChI=1S/C27H15ClF8N6O2/c28-15-2-1-10(30)5-12(15)22-19-16(38-17-9-37-40-21-13(17)6-11(31)7-14(21)27(34,35)36)8-18-23(20(19)24(43)39-22)42(25(32)33)26(44)41(18)4-3-29/h1-2,5-9,22,25H,3-4H2,(H,38,40)(H,39,43). The Bertz CT molecular complexity index is 2060. The molecule has 8 nitrogen and oxygen atoms in total. The molecule has 1 aliphatic heterocycles. The molecule has 0 spiro atoms. The van der Waals surface area contributed by atoms with E-state index < -0.39 is 82.8 Å². The van der Waals surface area contributed by atoms with Gasteiger partial charge in [-0.25, -0.2) is 22.5 Å². The number of hydrogen-bond acceptors (Lipinski definition) is 5. The van der Waals surface area contributed by atoms with Gasteiger partial charge in [0.15, 0.2) is 0 Å². The van der Waals surface area contributed by atoms with Crippen LogP contribution in [0.4, 0.5) is 46.5 Å². The van der Waals surface area contributed by atoms with Crippen molar-refractivity contribution in [1.82, 2.24) is 24.6 Å². The summed E-state index contributed by atoms with van der Waals surface area (Å²) in [5, 5.41) is 11.9. The first kappa shape index (κ1) is 29.3. The Kier molecular flexibility index (Phi) is 6.98. The van der Waals surface area contributed by atoms with E-state index in [1.165, 1.54) is 6.07 Å². The molecule has 0 saturated carbocycles. The van der Waals surface area contributed by atoms with E-state index in [-0.39, 0.29) is 43.7 Å². The summed E-state index contributed by atoms with van der Waals surface area (Å²) in [6, 6.07) is 3.92. The summed E-state index contributed by atoms with van der Waals surface area (Å²) in [6.45, 7) is -5.32. The second-order valence-corrected chi connectivity index (χ2v) is 10.1. The third-order valence-corrected chi connectivity index (χ3v) is 7.48. The Labute approximate surface area is 244 Å². The van der Waals surface area contributed by atoms with Crippen molar-refractivity contribution in [3.8, 4) is 0 Å². The molecule has 0 bridgehead atoms. The number of hydrogen-bond donors (Lipinski definition) is 2. The second kappa shape index (κ2) is 10.5. The maximum atomic E-state index is 14.4. The second-order valence-electron chi connectivity index (χ2n) is 9.65. The summed E-state index contributed by atoms with van der Waals surface area (Å²) >= 11 is 6.30. The quantitative estimate of drug-likeness (QED) is 0.203. The highest BCUT2D eigenvalue weighted by Gasteiger charge is 2.39. The molecule has 0 fully saturated rings. The van der Waals surface area contributed by atoms with Crippen LogP contribution in [0.5, 0.6) is 0 Å². The molecule has 17 heteroatoms. The fourth-order valence-electron chi connectivity index (χ4n) is 5.40. The van der Waals surface area contributed by atoms with E-state index in [4.69, 9.17) is 11.6 Å². The predicted molar refractivity (Wildman–Crippen MR) is 142 cm³/mol. The molecular weight excluding hydrogens is 628 g/mol. The number of amides is 1. The van der Waals surface area contributed by atoms with Gasteiger partial charge in [-0.15, -0.1) is 5.10 Å². The number of alkyl halides is 6. The van der Waals surface area contributed by atoms with Crippen molar-refractivity contribution < 1.29 is 39.9 Å². The van der Waals surface area contributed by atoms with Gasteiger partial charge in [0.1, 0.15) is 23.8 Å². The number of nitrogens with zero attached hydrogens (tertiary/aromatic N) is 4. The zero-order valence-corrected chi connectivity index (χ0v) is 22.4. The van der Waals surface area contributed by atoms with Crippen molar-refractivity contribution in [2.45, 2.75) is 25.3 Å². The van der Waals surface area contributed by atoms with Crippen LogP contribution in [0.15, 0.2) is 47.4 Å². The van der Waals surface area contributed by atoms with Crippen LogP contribution in [-0.4, -0.2) is 31.9 Å². The molecule has 0 saturated heterocycles. The van der Waals surface area contributed by atoms with Crippen molar-refractivity contribution >= 4 is 50.8 Å². The minimum Gasteiger partial charge on any atom is -0.353 e. The lowest BCUT2D eigenvalue weighted by Crippen LogP contribution is -2.26. The van der Waals surface area contributed by atoms with Gasteiger partial charge in [-0.3, -0.25) is 9.36 Å². The van der Waals surface area contributed by atoms with E-state index in [1.807, 2.05) is 0 Å². The van der Waals surface area contributed by atoms with Crippen molar-refractivity contribution in [3.05, 3.63) is 92.0 Å². The number of rotatable bonds is 6. The first-order valence-electron chi connectivity index (χ1n) is 12.5. The average molecular weight is 643 g/mol. The van der Waals surface area contributed by atoms with Gasteiger partial charge >= 0.3 is 18.4 Å². The first-order chi connectivity index (χ1) is 20.8. The summed E-state index contributed by atoms with van der Waals surface area (Å²) in [5.41, 5.74) is -5.54. The molecule has 228 valence electrons. The van der Waals surface area contributed by atoms with E-state index in [0.717, 1.165) is 30.5 Å². The highest BCUT2D eigenvalue weighted by Crippen LogP contribution is 2.45. The van der Waals surface area contributed by atoms with Crippen LogP contribution in [-0.2, 0) is 12.7 Å². The van der Waals surface area contributed by atoms with E-state index in [0.29, 0.717) is 4.57 Å². The van der Waals surface area contributed by atoms with Crippen LogP contribution >= 0.6 is 11.6 Å². The van der Waals surface area contributed by atoms with Crippen molar-refractivity contribution in [1.29, 1.82) is 0 Å². The number of anilines is 2. The molecule has 5 aromatic rings. The monoisotopic (exact) mass is 642 g/mol. The van der Waals surface area contributed by atoms with Crippen LogP contribution in [0.25, 0.3) is 21.9 Å². The van der Waals surface area contributed by atoms with Gasteiger partial charge in [0.2, 0.25) is 0 Å². The molecule has 1 amide bonds. The largest absolute Gasteiger partial charge is 0.418 e. The van der Waals surface area contributed by atoms with Gasteiger partial charge in [-0.05, 0) is 36.4 Å². The van der Waals surface area contributed by atoms with Gasteiger partial charge < -0.3 is 10.6 Å². The first-order valence-corrected chi connectivity index (χ1v) is 12.9. The number of carbonyl (C=O) groups excluding carboxylic acids is 1. The third kappa shape index (κ3) is 4.60. The molecule has 1 aliphatic rings. The molecule has 2 aromatic heterocycles. The SMILES string of the molecule is O=C1NC(c2cc(F)ccc2Cl)c2c(Nc3cnnc4c(C(F)(F)F)cc(F)cc34)cc3c(c21)n(C(F)F)c(=O)n3CCF. The number of fused-ring (bicyclic) bond motifs is 4. The summed E-state index contributed by atoms with van der Waals surface area (Å²) in [4.78, 5) is 26.4. The number of imidazole rings is 1. The molecular formula is C27H15ClF8N6O2. The molecule has 6 rings (SSSR count). The summed E-state index contributed by atoms with van der Waals surface area (Å²) < 4.78 is 112. The van der Waals surface area contributed by atoms with Gasteiger partial charge in [-0.2, -0.15) is 27.1 Å². The zero-order chi connectivity index (χ0) is 31.7. The van der Waals surface area contributed by atoms with Crippen LogP contribution in [0.1, 0.15) is 39.6 Å². The van der Waals surface area contributed by atoms with E-state index in [2.05, 4.69) is 20.8 Å². The fourth-order valence-corrected chi connectivity index (χ4v) is 5.62. The zero-order valence-electron chi connectivity index (χ0n) is 21.6. The minimum absolute atomic E-state index is 0.00285. The molecule has 1 unspecified atom stereocenters. The van der Waals surface area contributed by atoms with Gasteiger partial charge in [0.25, 0.3) is 5.91 Å². The molecule has 0 aliphatic carbocycles. The summed E-state index contributed by atoms with van der Waals surface area (Å²) in [6.07, 6.45) is -4.07. The lowest BCUT2D eigenvalue weighted by molar-refractivity contribution is -0.136. The third-order valence-electron chi connectivity index (χ3n) is 7.14. The van der Waals surface area contributed by atoms with E-state index in [9.17, 15) is 44.7 Å². The maximum Gasteiger partial charge on any atom is 0.418 e. The highest BCUT2D eigenvalue weighted by atomic mass is 35.5. The molecule has 44 heavy (non-hydrogen) atoms. The minimum atomic E-state index is -5.02. The summed E-state index contributed by atoms with van der Waals surface area (Å²) in [5.74, 6) is -3.04. The number of carbonyl (C=O) groups is 1. The molecule has 2 N–H and O–H groups in total. The van der Waals surface area contributed by atoms with Crippen LogP contribution in [0.3, 0.4) is 0 Å². The van der Waals surface area contributed by atoms with Gasteiger partial charge in [0, 0.05) is 27.2 Å². The topological polar surface area (TPSA) is 93.8 Å². The maximum absolute atomic E-state index is 14.4.